The van der Waals surface area contributed by atoms with Gasteiger partial charge in [-0.1, -0.05) is 17.4 Å². The maximum absolute atomic E-state index is 12.6. The van der Waals surface area contributed by atoms with Crippen LogP contribution < -0.4 is 5.73 Å². The van der Waals surface area contributed by atoms with Gasteiger partial charge in [-0.3, -0.25) is 0 Å². The molecule has 6 nitrogen and oxygen atoms in total. The van der Waals surface area contributed by atoms with Crippen molar-refractivity contribution in [3.05, 3.63) is 24.0 Å². The molecular weight excluding hydrogens is 281 g/mol. The molecule has 2 N–H and O–H groups in total. The van der Waals surface area contributed by atoms with Crippen LogP contribution in [-0.4, -0.2) is 24.8 Å². The Labute approximate surface area is 107 Å². The zero-order chi connectivity index (χ0) is 13.6. The van der Waals surface area contributed by atoms with Crippen molar-refractivity contribution in [3.63, 3.8) is 0 Å². The summed E-state index contributed by atoms with van der Waals surface area (Å²) in [5.41, 5.74) is 5.91. The molecule has 3 heterocycles. The van der Waals surface area contributed by atoms with Gasteiger partial charge in [-0.2, -0.15) is 22.8 Å². The molecule has 3 rings (SSSR count). The number of nitrogens with two attached hydrogens (primary N) is 1. The van der Waals surface area contributed by atoms with E-state index in [4.69, 9.17) is 5.73 Å². The van der Waals surface area contributed by atoms with Crippen LogP contribution in [0.3, 0.4) is 0 Å². The van der Waals surface area contributed by atoms with Crippen molar-refractivity contribution < 1.29 is 13.2 Å². The SMILES string of the molecule is Nc1cccc(-c2nn3c(C(F)(F)F)nnc3s2)n1. The van der Waals surface area contributed by atoms with Crippen LogP contribution in [0.1, 0.15) is 5.82 Å². The predicted octanol–water partition coefficient (Wildman–Crippen LogP) is 1.85. The van der Waals surface area contributed by atoms with Crippen LogP contribution in [0.25, 0.3) is 15.7 Å². The molecule has 10 heteroatoms. The van der Waals surface area contributed by atoms with Gasteiger partial charge in [-0.25, -0.2) is 4.98 Å². The normalized spacial score (nSPS) is 12.2. The molecule has 19 heavy (non-hydrogen) atoms. The number of pyridine rings is 1. The molecule has 0 aromatic carbocycles. The van der Waals surface area contributed by atoms with E-state index >= 15 is 0 Å². The summed E-state index contributed by atoms with van der Waals surface area (Å²) in [5.74, 6) is -0.895. The number of alkyl halides is 3. The number of rotatable bonds is 1. The number of fused-ring (bicyclic) bond motifs is 1. The van der Waals surface area contributed by atoms with Gasteiger partial charge in [0, 0.05) is 0 Å². The second kappa shape index (κ2) is 3.88. The molecule has 98 valence electrons. The van der Waals surface area contributed by atoms with Crippen molar-refractivity contribution in [1.29, 1.82) is 0 Å². The zero-order valence-corrected chi connectivity index (χ0v) is 9.90. The van der Waals surface area contributed by atoms with Crippen LogP contribution in [0.2, 0.25) is 0 Å². The second-order valence-corrected chi connectivity index (χ2v) is 4.53. The van der Waals surface area contributed by atoms with E-state index in [1.54, 1.807) is 18.2 Å². The molecule has 3 aromatic rings. The second-order valence-electron chi connectivity index (χ2n) is 3.57. The number of nitrogen functional groups attached to an aromatic ring is 1. The van der Waals surface area contributed by atoms with Gasteiger partial charge in [-0.15, -0.1) is 10.2 Å². The maximum atomic E-state index is 12.6. The van der Waals surface area contributed by atoms with Crippen LogP contribution in [0.5, 0.6) is 0 Å². The van der Waals surface area contributed by atoms with Crippen molar-refractivity contribution in [2.75, 3.05) is 5.73 Å². The Morgan fingerprint density at radius 1 is 1.21 bits per heavy atom. The quantitative estimate of drug-likeness (QED) is 0.738. The third-order valence-electron chi connectivity index (χ3n) is 2.23. The fourth-order valence-electron chi connectivity index (χ4n) is 1.47. The van der Waals surface area contributed by atoms with E-state index in [2.05, 4.69) is 20.3 Å². The Hall–Kier alpha value is -2.23. The summed E-state index contributed by atoms with van der Waals surface area (Å²) in [6, 6.07) is 4.82. The zero-order valence-electron chi connectivity index (χ0n) is 9.09. The van der Waals surface area contributed by atoms with Gasteiger partial charge in [0.1, 0.15) is 11.5 Å². The highest BCUT2D eigenvalue weighted by molar-refractivity contribution is 7.19. The number of nitrogens with zero attached hydrogens (tertiary/aromatic N) is 5. The molecule has 0 aliphatic carbocycles. The summed E-state index contributed by atoms with van der Waals surface area (Å²) in [6.45, 7) is 0. The van der Waals surface area contributed by atoms with E-state index in [0.29, 0.717) is 15.2 Å². The number of aromatic nitrogens is 5. The van der Waals surface area contributed by atoms with Crippen LogP contribution >= 0.6 is 11.3 Å². The Morgan fingerprint density at radius 2 is 2.00 bits per heavy atom. The van der Waals surface area contributed by atoms with E-state index in [-0.39, 0.29) is 10.8 Å². The Balaban J connectivity index is 2.15. The van der Waals surface area contributed by atoms with Crippen molar-refractivity contribution in [3.8, 4) is 10.7 Å². The lowest BCUT2D eigenvalue weighted by Crippen LogP contribution is -2.11. The molecule has 0 amide bonds. The highest BCUT2D eigenvalue weighted by atomic mass is 32.1. The van der Waals surface area contributed by atoms with Gasteiger partial charge >= 0.3 is 6.18 Å². The summed E-state index contributed by atoms with van der Waals surface area (Å²) in [7, 11) is 0. The third-order valence-corrected chi connectivity index (χ3v) is 3.16. The van der Waals surface area contributed by atoms with Gasteiger partial charge in [-0.05, 0) is 12.1 Å². The summed E-state index contributed by atoms with van der Waals surface area (Å²) in [6.07, 6.45) is -4.60. The first kappa shape index (κ1) is 11.8. The number of hydrogen-bond acceptors (Lipinski definition) is 6. The van der Waals surface area contributed by atoms with Crippen molar-refractivity contribution in [2.24, 2.45) is 0 Å². The van der Waals surface area contributed by atoms with E-state index in [1.165, 1.54) is 0 Å². The van der Waals surface area contributed by atoms with Gasteiger partial charge in [0.2, 0.25) is 4.96 Å². The lowest BCUT2D eigenvalue weighted by Gasteiger charge is -2.00. The standard InChI is InChI=1S/C9H5F3N6S/c10-9(11,12)7-15-16-8-18(7)17-6(19-8)4-2-1-3-5(13)14-4/h1-3H,(H2,13,14). The number of halogens is 3. The highest BCUT2D eigenvalue weighted by Crippen LogP contribution is 2.31. The summed E-state index contributed by atoms with van der Waals surface area (Å²) < 4.78 is 38.6. The van der Waals surface area contributed by atoms with E-state index in [9.17, 15) is 13.2 Å². The summed E-state index contributed by atoms with van der Waals surface area (Å²) in [4.78, 5) is 4.04. The minimum Gasteiger partial charge on any atom is -0.384 e. The lowest BCUT2D eigenvalue weighted by molar-refractivity contribution is -0.146. The maximum Gasteiger partial charge on any atom is 0.453 e. The predicted molar refractivity (Wildman–Crippen MR) is 61.3 cm³/mol. The van der Waals surface area contributed by atoms with Gasteiger partial charge in [0.15, 0.2) is 5.01 Å². The summed E-state index contributed by atoms with van der Waals surface area (Å²) in [5, 5.41) is 10.6. The van der Waals surface area contributed by atoms with Gasteiger partial charge < -0.3 is 5.73 Å². The third kappa shape index (κ3) is 1.99. The minimum atomic E-state index is -4.60. The molecule has 0 saturated heterocycles. The van der Waals surface area contributed by atoms with Crippen molar-refractivity contribution in [2.45, 2.75) is 6.18 Å². The first-order chi connectivity index (χ1) is 8.95. The topological polar surface area (TPSA) is 82.0 Å². The van der Waals surface area contributed by atoms with Gasteiger partial charge in [0.05, 0.1) is 0 Å². The Bertz CT molecular complexity index is 746. The van der Waals surface area contributed by atoms with E-state index in [0.717, 1.165) is 11.3 Å². The molecule has 0 atom stereocenters. The average molecular weight is 286 g/mol. The van der Waals surface area contributed by atoms with Crippen LogP contribution in [0.15, 0.2) is 18.2 Å². The monoisotopic (exact) mass is 286 g/mol. The lowest BCUT2D eigenvalue weighted by atomic mass is 10.3. The van der Waals surface area contributed by atoms with Gasteiger partial charge in [0.25, 0.3) is 5.82 Å². The molecule has 0 saturated carbocycles. The largest absolute Gasteiger partial charge is 0.453 e. The Kier molecular flexibility index (Phi) is 2.42. The van der Waals surface area contributed by atoms with Crippen molar-refractivity contribution in [1.82, 2.24) is 24.8 Å². The molecule has 3 aromatic heterocycles. The number of anilines is 1. The molecule has 0 fully saturated rings. The highest BCUT2D eigenvalue weighted by Gasteiger charge is 2.38. The molecule has 0 aliphatic rings. The molecule has 0 unspecified atom stereocenters. The van der Waals surface area contributed by atoms with Crippen LogP contribution in [-0.2, 0) is 6.18 Å². The first-order valence-electron chi connectivity index (χ1n) is 4.97. The van der Waals surface area contributed by atoms with Crippen LogP contribution in [0, 0.1) is 0 Å². The van der Waals surface area contributed by atoms with Crippen LogP contribution in [0.4, 0.5) is 19.0 Å². The van der Waals surface area contributed by atoms with Crippen molar-refractivity contribution >= 4 is 22.1 Å². The van der Waals surface area contributed by atoms with E-state index in [1.807, 2.05) is 0 Å². The Morgan fingerprint density at radius 3 is 2.68 bits per heavy atom. The number of hydrogen-bond donors (Lipinski definition) is 1. The minimum absolute atomic E-state index is 0.0477. The smallest absolute Gasteiger partial charge is 0.384 e. The molecule has 0 aliphatic heterocycles. The molecular formula is C9H5F3N6S. The molecule has 0 spiro atoms. The van der Waals surface area contributed by atoms with E-state index < -0.39 is 12.0 Å². The molecule has 0 radical (unpaired) electrons. The fraction of sp³-hybridized carbons (Fsp3) is 0.111. The average Bonchev–Trinajstić information content (AvgIpc) is 2.85. The molecule has 0 bridgehead atoms. The first-order valence-corrected chi connectivity index (χ1v) is 5.79. The summed E-state index contributed by atoms with van der Waals surface area (Å²) >= 11 is 0.956. The fourth-order valence-corrected chi connectivity index (χ4v) is 2.28.